The van der Waals surface area contributed by atoms with E-state index in [1.807, 2.05) is 41.0 Å². The monoisotopic (exact) mass is 328 g/mol. The number of benzene rings is 1. The predicted octanol–water partition coefficient (Wildman–Crippen LogP) is 3.64. The number of ether oxygens (including phenoxy) is 1. The summed E-state index contributed by atoms with van der Waals surface area (Å²) in [7, 11) is 0. The number of imidazole rings is 1. The molecule has 0 spiro atoms. The third-order valence-corrected chi connectivity index (χ3v) is 4.07. The fourth-order valence-corrected chi connectivity index (χ4v) is 3.11. The molecule has 0 aliphatic rings. The van der Waals surface area contributed by atoms with E-state index in [0.29, 0.717) is 12.3 Å². The van der Waals surface area contributed by atoms with E-state index in [4.69, 9.17) is 9.84 Å². The van der Waals surface area contributed by atoms with E-state index in [0.717, 1.165) is 27.5 Å². The molecular weight excluding hydrogens is 312 g/mol. The molecule has 0 aliphatic heterocycles. The van der Waals surface area contributed by atoms with Crippen LogP contribution in [0.1, 0.15) is 12.6 Å². The summed E-state index contributed by atoms with van der Waals surface area (Å²) in [6.07, 6.45) is 1.71. The molecule has 5 nitrogen and oxygen atoms in total. The Morgan fingerprint density at radius 3 is 2.78 bits per heavy atom. The molecular formula is C17H16N2O3S. The second-order valence-electron chi connectivity index (χ2n) is 5.35. The van der Waals surface area contributed by atoms with Gasteiger partial charge in [0, 0.05) is 11.6 Å². The Bertz CT molecular complexity index is 862. The van der Waals surface area contributed by atoms with Gasteiger partial charge in [-0.25, -0.2) is 4.98 Å². The number of carbonyl (C=O) groups is 1. The summed E-state index contributed by atoms with van der Waals surface area (Å²) in [5.41, 5.74) is 3.55. The van der Waals surface area contributed by atoms with Gasteiger partial charge in [-0.15, -0.1) is 11.3 Å². The van der Waals surface area contributed by atoms with Crippen LogP contribution in [0.25, 0.3) is 16.2 Å². The average molecular weight is 328 g/mol. The van der Waals surface area contributed by atoms with Gasteiger partial charge in [0.25, 0.3) is 0 Å². The summed E-state index contributed by atoms with van der Waals surface area (Å²) in [4.78, 5) is 15.9. The van der Waals surface area contributed by atoms with Crippen molar-refractivity contribution in [2.45, 2.75) is 13.3 Å². The van der Waals surface area contributed by atoms with Crippen LogP contribution in [0.2, 0.25) is 0 Å². The van der Waals surface area contributed by atoms with Crippen LogP contribution in [0.15, 0.2) is 48.0 Å². The summed E-state index contributed by atoms with van der Waals surface area (Å²) in [6, 6.07) is 7.78. The van der Waals surface area contributed by atoms with E-state index >= 15 is 0 Å². The molecule has 1 aromatic carbocycles. The van der Waals surface area contributed by atoms with Crippen LogP contribution in [0, 0.1) is 0 Å². The van der Waals surface area contributed by atoms with E-state index < -0.39 is 5.97 Å². The molecule has 3 rings (SSSR count). The van der Waals surface area contributed by atoms with E-state index in [1.54, 1.807) is 6.20 Å². The molecule has 0 bridgehead atoms. The third-order valence-electron chi connectivity index (χ3n) is 3.23. The minimum atomic E-state index is -0.878. The smallest absolute Gasteiger partial charge is 0.309 e. The van der Waals surface area contributed by atoms with Crippen LogP contribution in [0.3, 0.4) is 0 Å². The number of hydrogen-bond donors (Lipinski definition) is 1. The minimum absolute atomic E-state index is 0.0679. The molecule has 6 heteroatoms. The zero-order valence-corrected chi connectivity index (χ0v) is 13.5. The first-order chi connectivity index (χ1) is 11.0. The molecule has 118 valence electrons. The second-order valence-corrected chi connectivity index (χ2v) is 6.18. The maximum atomic E-state index is 10.8. The number of thiazole rings is 1. The van der Waals surface area contributed by atoms with Crippen molar-refractivity contribution in [3.8, 4) is 17.0 Å². The van der Waals surface area contributed by atoms with Crippen molar-refractivity contribution < 1.29 is 14.6 Å². The molecule has 0 fully saturated rings. The van der Waals surface area contributed by atoms with E-state index in [-0.39, 0.29) is 6.42 Å². The van der Waals surface area contributed by atoms with Crippen molar-refractivity contribution in [2.24, 2.45) is 0 Å². The number of aromatic nitrogens is 2. The normalized spacial score (nSPS) is 10.8. The Balaban J connectivity index is 1.86. The van der Waals surface area contributed by atoms with Crippen molar-refractivity contribution in [3.63, 3.8) is 0 Å². The van der Waals surface area contributed by atoms with Gasteiger partial charge in [-0.1, -0.05) is 6.58 Å². The number of nitrogens with zero attached hydrogens (tertiary/aromatic N) is 2. The Morgan fingerprint density at radius 2 is 2.13 bits per heavy atom. The van der Waals surface area contributed by atoms with Crippen molar-refractivity contribution in [2.75, 3.05) is 6.61 Å². The molecule has 0 aliphatic carbocycles. The van der Waals surface area contributed by atoms with Crippen molar-refractivity contribution >= 4 is 22.3 Å². The van der Waals surface area contributed by atoms with Gasteiger partial charge in [0.1, 0.15) is 12.4 Å². The number of fused-ring (bicyclic) bond motifs is 1. The first-order valence-corrected chi connectivity index (χ1v) is 7.96. The van der Waals surface area contributed by atoms with E-state index in [2.05, 4.69) is 11.6 Å². The Labute approximate surface area is 137 Å². The van der Waals surface area contributed by atoms with Gasteiger partial charge in [0.2, 0.25) is 0 Å². The molecule has 3 aromatic rings. The molecule has 2 aromatic heterocycles. The maximum absolute atomic E-state index is 10.8. The molecule has 23 heavy (non-hydrogen) atoms. The van der Waals surface area contributed by atoms with Crippen molar-refractivity contribution in [3.05, 3.63) is 53.7 Å². The van der Waals surface area contributed by atoms with Crippen LogP contribution >= 0.6 is 11.3 Å². The highest BCUT2D eigenvalue weighted by molar-refractivity contribution is 7.15. The zero-order valence-electron chi connectivity index (χ0n) is 12.7. The highest BCUT2D eigenvalue weighted by Crippen LogP contribution is 2.28. The average Bonchev–Trinajstić information content (AvgIpc) is 3.05. The standard InChI is InChI=1S/C17H16N2O3S/c1-11(2)9-22-14-5-3-12(4-6-14)15-10-23-17-18-13(7-16(20)21)8-19(15)17/h3-6,8,10H,1,7,9H2,2H3,(H,20,21). The third kappa shape index (κ3) is 3.43. The van der Waals surface area contributed by atoms with Crippen LogP contribution in [-0.4, -0.2) is 27.1 Å². The van der Waals surface area contributed by atoms with Gasteiger partial charge in [-0.05, 0) is 42.3 Å². The highest BCUT2D eigenvalue weighted by atomic mass is 32.1. The minimum Gasteiger partial charge on any atom is -0.489 e. The molecule has 0 saturated carbocycles. The molecule has 1 N–H and O–H groups in total. The number of rotatable bonds is 6. The molecule has 2 heterocycles. The molecule has 0 atom stereocenters. The van der Waals surface area contributed by atoms with Crippen LogP contribution in [0.5, 0.6) is 5.75 Å². The Kier molecular flexibility index (Phi) is 4.16. The zero-order chi connectivity index (χ0) is 16.4. The summed E-state index contributed by atoms with van der Waals surface area (Å²) >= 11 is 1.49. The lowest BCUT2D eigenvalue weighted by molar-refractivity contribution is -0.136. The molecule has 0 radical (unpaired) electrons. The van der Waals surface area contributed by atoms with Gasteiger partial charge < -0.3 is 9.84 Å². The number of carboxylic acids is 1. The lowest BCUT2D eigenvalue weighted by Gasteiger charge is -2.06. The number of aliphatic carboxylic acids is 1. The first kappa shape index (κ1) is 15.3. The summed E-state index contributed by atoms with van der Waals surface area (Å²) in [6.45, 7) is 6.23. The van der Waals surface area contributed by atoms with Crippen LogP contribution in [-0.2, 0) is 11.2 Å². The highest BCUT2D eigenvalue weighted by Gasteiger charge is 2.11. The largest absolute Gasteiger partial charge is 0.489 e. The molecule has 0 amide bonds. The van der Waals surface area contributed by atoms with Crippen molar-refractivity contribution in [1.29, 1.82) is 0 Å². The summed E-state index contributed by atoms with van der Waals surface area (Å²) < 4.78 is 7.52. The lowest BCUT2D eigenvalue weighted by atomic mass is 10.1. The van der Waals surface area contributed by atoms with E-state index in [1.165, 1.54) is 11.3 Å². The molecule has 0 saturated heterocycles. The number of hydrogen-bond acceptors (Lipinski definition) is 4. The lowest BCUT2D eigenvalue weighted by Crippen LogP contribution is -1.99. The number of carboxylic acid groups (broad SMARTS) is 1. The van der Waals surface area contributed by atoms with Gasteiger partial charge in [0.15, 0.2) is 4.96 Å². The quantitative estimate of drug-likeness (QED) is 0.702. The van der Waals surface area contributed by atoms with Crippen molar-refractivity contribution in [1.82, 2.24) is 9.38 Å². The van der Waals surface area contributed by atoms with Gasteiger partial charge in [0.05, 0.1) is 17.8 Å². The first-order valence-electron chi connectivity index (χ1n) is 7.08. The SMILES string of the molecule is C=C(C)COc1ccc(-c2csc3nc(CC(=O)O)cn23)cc1. The Morgan fingerprint density at radius 1 is 1.39 bits per heavy atom. The van der Waals surface area contributed by atoms with Gasteiger partial charge >= 0.3 is 5.97 Å². The topological polar surface area (TPSA) is 63.8 Å². The van der Waals surface area contributed by atoms with E-state index in [9.17, 15) is 4.79 Å². The fourth-order valence-electron chi connectivity index (χ4n) is 2.21. The van der Waals surface area contributed by atoms with Gasteiger partial charge in [-0.2, -0.15) is 0 Å². The van der Waals surface area contributed by atoms with Gasteiger partial charge in [-0.3, -0.25) is 9.20 Å². The second kappa shape index (κ2) is 6.26. The maximum Gasteiger partial charge on any atom is 0.309 e. The summed E-state index contributed by atoms with van der Waals surface area (Å²) in [5, 5.41) is 10.9. The summed E-state index contributed by atoms with van der Waals surface area (Å²) in [5.74, 6) is -0.0864. The Hall–Kier alpha value is -2.60. The molecule has 0 unspecified atom stereocenters. The predicted molar refractivity (Wildman–Crippen MR) is 90.2 cm³/mol. The van der Waals surface area contributed by atoms with Crippen LogP contribution < -0.4 is 4.74 Å². The fraction of sp³-hybridized carbons (Fsp3) is 0.176. The van der Waals surface area contributed by atoms with Crippen LogP contribution in [0.4, 0.5) is 0 Å².